The van der Waals surface area contributed by atoms with Gasteiger partial charge in [0.15, 0.2) is 0 Å². The smallest absolute Gasteiger partial charge is 0.253 e. The molecule has 1 aliphatic rings. The fourth-order valence-corrected chi connectivity index (χ4v) is 1.67. The largest absolute Gasteiger partial charge is 0.333 e. The van der Waals surface area contributed by atoms with Crippen molar-refractivity contribution in [2.24, 2.45) is 5.73 Å². The lowest BCUT2D eigenvalue weighted by molar-refractivity contribution is 0.0957. The van der Waals surface area contributed by atoms with Crippen molar-refractivity contribution in [1.29, 1.82) is 0 Å². The third kappa shape index (κ3) is 1.04. The second-order valence-electron chi connectivity index (χ2n) is 2.68. The van der Waals surface area contributed by atoms with Crippen LogP contribution in [0.1, 0.15) is 22.1 Å². The molecule has 0 saturated heterocycles. The molecule has 3 N–H and O–H groups in total. The van der Waals surface area contributed by atoms with E-state index in [0.717, 1.165) is 10.0 Å². The lowest BCUT2D eigenvalue weighted by Gasteiger charge is -2.02. The Balaban J connectivity index is 2.60. The summed E-state index contributed by atoms with van der Waals surface area (Å²) in [6.07, 6.45) is -0.356. The molecule has 1 aromatic rings. The van der Waals surface area contributed by atoms with E-state index < -0.39 is 0 Å². The van der Waals surface area contributed by atoms with Gasteiger partial charge in [-0.15, -0.1) is 0 Å². The Bertz CT molecular complexity index is 351. The molecule has 1 aromatic carbocycles. The van der Waals surface area contributed by atoms with Crippen LogP contribution in [0.3, 0.4) is 0 Å². The van der Waals surface area contributed by atoms with Gasteiger partial charge in [-0.25, -0.2) is 0 Å². The Labute approximate surface area is 78.1 Å². The molecule has 1 amide bonds. The summed E-state index contributed by atoms with van der Waals surface area (Å²) in [7, 11) is 0. The van der Waals surface area contributed by atoms with Crippen molar-refractivity contribution in [2.45, 2.75) is 6.17 Å². The van der Waals surface area contributed by atoms with E-state index in [4.69, 9.17) is 5.73 Å². The summed E-state index contributed by atoms with van der Waals surface area (Å²) >= 11 is 3.32. The third-order valence-corrected chi connectivity index (χ3v) is 2.37. The fraction of sp³-hybridized carbons (Fsp3) is 0.125. The van der Waals surface area contributed by atoms with E-state index in [2.05, 4.69) is 21.2 Å². The monoisotopic (exact) mass is 226 g/mol. The van der Waals surface area contributed by atoms with Crippen LogP contribution in [-0.2, 0) is 0 Å². The van der Waals surface area contributed by atoms with Gasteiger partial charge >= 0.3 is 0 Å². The van der Waals surface area contributed by atoms with E-state index in [1.807, 2.05) is 12.1 Å². The molecule has 0 aromatic heterocycles. The second-order valence-corrected chi connectivity index (χ2v) is 3.60. The van der Waals surface area contributed by atoms with Crippen molar-refractivity contribution < 1.29 is 4.79 Å². The van der Waals surface area contributed by atoms with Gasteiger partial charge in [0.25, 0.3) is 5.91 Å². The molecule has 1 heterocycles. The predicted molar refractivity (Wildman–Crippen MR) is 48.5 cm³/mol. The number of amides is 1. The number of hydrogen-bond acceptors (Lipinski definition) is 2. The summed E-state index contributed by atoms with van der Waals surface area (Å²) < 4.78 is 0.938. The minimum Gasteiger partial charge on any atom is -0.333 e. The topological polar surface area (TPSA) is 55.1 Å². The Morgan fingerprint density at radius 3 is 3.00 bits per heavy atom. The molecule has 1 aliphatic heterocycles. The third-order valence-electron chi connectivity index (χ3n) is 1.88. The SMILES string of the molecule is NC1NC(=O)c2ccc(Br)cc21. The second kappa shape index (κ2) is 2.57. The molecule has 0 spiro atoms. The summed E-state index contributed by atoms with van der Waals surface area (Å²) in [4.78, 5) is 11.2. The maximum absolute atomic E-state index is 11.2. The molecular weight excluding hydrogens is 220 g/mol. The summed E-state index contributed by atoms with van der Waals surface area (Å²) in [6.45, 7) is 0. The number of benzene rings is 1. The first-order chi connectivity index (χ1) is 5.68. The van der Waals surface area contributed by atoms with Crippen molar-refractivity contribution in [3.05, 3.63) is 33.8 Å². The molecule has 4 heteroatoms. The predicted octanol–water partition coefficient (Wildman–Crippen LogP) is 1.15. The zero-order chi connectivity index (χ0) is 8.72. The zero-order valence-electron chi connectivity index (χ0n) is 6.17. The number of fused-ring (bicyclic) bond motifs is 1. The molecule has 0 bridgehead atoms. The van der Waals surface area contributed by atoms with Crippen LogP contribution in [0.2, 0.25) is 0 Å². The highest BCUT2D eigenvalue weighted by Crippen LogP contribution is 2.24. The van der Waals surface area contributed by atoms with E-state index in [9.17, 15) is 4.79 Å². The van der Waals surface area contributed by atoms with Gasteiger partial charge in [0.2, 0.25) is 0 Å². The molecule has 2 rings (SSSR count). The van der Waals surface area contributed by atoms with Crippen molar-refractivity contribution in [1.82, 2.24) is 5.32 Å². The standard InChI is InChI=1S/C8H7BrN2O/c9-4-1-2-5-6(3-4)7(10)11-8(5)12/h1-3,7H,10H2,(H,11,12). The fourth-order valence-electron chi connectivity index (χ4n) is 1.29. The summed E-state index contributed by atoms with van der Waals surface area (Å²) in [5.74, 6) is -0.0926. The van der Waals surface area contributed by atoms with Gasteiger partial charge in [-0.2, -0.15) is 0 Å². The molecule has 0 fully saturated rings. The van der Waals surface area contributed by atoms with Gasteiger partial charge < -0.3 is 11.1 Å². The highest BCUT2D eigenvalue weighted by molar-refractivity contribution is 9.10. The molecule has 1 atom stereocenters. The van der Waals surface area contributed by atoms with Crippen LogP contribution in [0.15, 0.2) is 22.7 Å². The number of halogens is 1. The Hall–Kier alpha value is -0.870. The van der Waals surface area contributed by atoms with Crippen LogP contribution in [0.5, 0.6) is 0 Å². The zero-order valence-corrected chi connectivity index (χ0v) is 7.76. The first kappa shape index (κ1) is 7.76. The summed E-state index contributed by atoms with van der Waals surface area (Å²) in [6, 6.07) is 5.45. The summed E-state index contributed by atoms with van der Waals surface area (Å²) in [5.41, 5.74) is 7.18. The number of nitrogens with one attached hydrogen (secondary N) is 1. The van der Waals surface area contributed by atoms with Gasteiger partial charge in [0, 0.05) is 15.6 Å². The van der Waals surface area contributed by atoms with E-state index in [0.29, 0.717) is 5.56 Å². The van der Waals surface area contributed by atoms with Crippen molar-refractivity contribution in [2.75, 3.05) is 0 Å². The minimum absolute atomic E-state index is 0.0926. The maximum Gasteiger partial charge on any atom is 0.253 e. The Morgan fingerprint density at radius 1 is 1.50 bits per heavy atom. The summed E-state index contributed by atoms with van der Waals surface area (Å²) in [5, 5.41) is 2.63. The molecule has 1 unspecified atom stereocenters. The molecule has 3 nitrogen and oxygen atoms in total. The van der Waals surface area contributed by atoms with Gasteiger partial charge in [0.05, 0.1) is 0 Å². The quantitative estimate of drug-likeness (QED) is 0.698. The van der Waals surface area contributed by atoms with Crippen molar-refractivity contribution in [3.63, 3.8) is 0 Å². The number of carbonyl (C=O) groups excluding carboxylic acids is 1. The van der Waals surface area contributed by atoms with E-state index in [-0.39, 0.29) is 12.1 Å². The Morgan fingerprint density at radius 2 is 2.25 bits per heavy atom. The van der Waals surface area contributed by atoms with E-state index >= 15 is 0 Å². The first-order valence-corrected chi connectivity index (χ1v) is 4.33. The van der Waals surface area contributed by atoms with Gasteiger partial charge in [0.1, 0.15) is 6.17 Å². The number of rotatable bonds is 0. The molecule has 62 valence electrons. The van der Waals surface area contributed by atoms with Crippen LogP contribution in [0.25, 0.3) is 0 Å². The van der Waals surface area contributed by atoms with Gasteiger partial charge in [-0.05, 0) is 18.2 Å². The average Bonchev–Trinajstić information content (AvgIpc) is 2.28. The van der Waals surface area contributed by atoms with Gasteiger partial charge in [-0.1, -0.05) is 15.9 Å². The number of hydrogen-bond donors (Lipinski definition) is 2. The van der Waals surface area contributed by atoms with Crippen LogP contribution < -0.4 is 11.1 Å². The molecular formula is C8H7BrN2O. The lowest BCUT2D eigenvalue weighted by atomic mass is 10.1. The molecule has 12 heavy (non-hydrogen) atoms. The number of nitrogens with two attached hydrogens (primary N) is 1. The van der Waals surface area contributed by atoms with Crippen molar-refractivity contribution >= 4 is 21.8 Å². The van der Waals surface area contributed by atoms with Crippen LogP contribution in [0, 0.1) is 0 Å². The van der Waals surface area contributed by atoms with Crippen molar-refractivity contribution in [3.8, 4) is 0 Å². The number of carbonyl (C=O) groups is 1. The highest BCUT2D eigenvalue weighted by Gasteiger charge is 2.25. The molecule has 0 aliphatic carbocycles. The normalized spacial score (nSPS) is 20.5. The Kier molecular flexibility index (Phi) is 1.66. The first-order valence-electron chi connectivity index (χ1n) is 3.54. The van der Waals surface area contributed by atoms with E-state index in [1.54, 1.807) is 6.07 Å². The van der Waals surface area contributed by atoms with Crippen LogP contribution in [0.4, 0.5) is 0 Å². The van der Waals surface area contributed by atoms with Gasteiger partial charge in [-0.3, -0.25) is 4.79 Å². The average molecular weight is 227 g/mol. The highest BCUT2D eigenvalue weighted by atomic mass is 79.9. The lowest BCUT2D eigenvalue weighted by Crippen LogP contribution is -2.25. The van der Waals surface area contributed by atoms with Crippen LogP contribution >= 0.6 is 15.9 Å². The van der Waals surface area contributed by atoms with Crippen LogP contribution in [-0.4, -0.2) is 5.91 Å². The maximum atomic E-state index is 11.2. The van der Waals surface area contributed by atoms with E-state index in [1.165, 1.54) is 0 Å². The minimum atomic E-state index is -0.356. The molecule has 0 saturated carbocycles. The molecule has 0 radical (unpaired) electrons.